The van der Waals surface area contributed by atoms with Crippen molar-refractivity contribution >= 4 is 38.5 Å². The number of methoxy groups -OCH3 is 1. The van der Waals surface area contributed by atoms with Crippen LogP contribution in [0.2, 0.25) is 5.02 Å². The van der Waals surface area contributed by atoms with E-state index in [1.165, 1.54) is 7.11 Å². The smallest absolute Gasteiger partial charge is 0.337 e. The predicted molar refractivity (Wildman–Crippen MR) is 201 cm³/mol. The van der Waals surface area contributed by atoms with Gasteiger partial charge in [-0.2, -0.15) is 0 Å². The van der Waals surface area contributed by atoms with Crippen LogP contribution in [0.4, 0.5) is 0 Å². The number of aliphatic hydroxyl groups excluding tert-OH is 1. The Labute approximate surface area is 304 Å². The molecule has 0 atom stereocenters. The largest absolute Gasteiger partial charge is 0.493 e. The molecule has 1 fully saturated rings. The van der Waals surface area contributed by atoms with E-state index in [0.717, 1.165) is 33.3 Å². The highest BCUT2D eigenvalue weighted by molar-refractivity contribution is 7.89. The summed E-state index contributed by atoms with van der Waals surface area (Å²) in [5.41, 5.74) is 5.63. The van der Waals surface area contributed by atoms with Gasteiger partial charge in [0.15, 0.2) is 0 Å². The van der Waals surface area contributed by atoms with E-state index in [1.807, 2.05) is 54.6 Å². The Hall–Kier alpha value is -4.19. The first-order valence-electron chi connectivity index (χ1n) is 17.3. The van der Waals surface area contributed by atoms with E-state index >= 15 is 0 Å². The van der Waals surface area contributed by atoms with Crippen LogP contribution in [0.5, 0.6) is 5.75 Å². The van der Waals surface area contributed by atoms with Crippen LogP contribution in [0.1, 0.15) is 51.6 Å². The van der Waals surface area contributed by atoms with Gasteiger partial charge in [-0.15, -0.1) is 0 Å². The molecular formula is C40H44ClN3O6S. The van der Waals surface area contributed by atoms with Crippen molar-refractivity contribution in [2.45, 2.75) is 37.8 Å². The Morgan fingerprint density at radius 2 is 1.57 bits per heavy atom. The molecule has 1 aliphatic heterocycles. The summed E-state index contributed by atoms with van der Waals surface area (Å²) in [6.07, 6.45) is 1.98. The first kappa shape index (κ1) is 36.6. The van der Waals surface area contributed by atoms with Gasteiger partial charge in [0.05, 0.1) is 37.2 Å². The number of benzene rings is 4. The van der Waals surface area contributed by atoms with Gasteiger partial charge in [0, 0.05) is 60.6 Å². The number of aromatic nitrogens is 1. The Balaban J connectivity index is 1.33. The highest BCUT2D eigenvalue weighted by atomic mass is 35.5. The zero-order valence-electron chi connectivity index (χ0n) is 28.7. The van der Waals surface area contributed by atoms with Gasteiger partial charge < -0.3 is 24.0 Å². The quantitative estimate of drug-likeness (QED) is 0.123. The van der Waals surface area contributed by atoms with Gasteiger partial charge in [0.25, 0.3) is 0 Å². The number of esters is 1. The third-order valence-corrected chi connectivity index (χ3v) is 11.1. The second-order valence-electron chi connectivity index (χ2n) is 12.8. The summed E-state index contributed by atoms with van der Waals surface area (Å²) >= 11 is 6.63. The molecule has 9 nitrogen and oxygen atoms in total. The van der Waals surface area contributed by atoms with Crippen LogP contribution < -0.4 is 9.46 Å². The van der Waals surface area contributed by atoms with Gasteiger partial charge in [-0.25, -0.2) is 17.9 Å². The monoisotopic (exact) mass is 729 g/mol. The lowest BCUT2D eigenvalue weighted by atomic mass is 9.97. The molecule has 1 aromatic heterocycles. The second kappa shape index (κ2) is 16.9. The minimum atomic E-state index is -3.56. The molecule has 0 unspecified atom stereocenters. The Morgan fingerprint density at radius 3 is 2.20 bits per heavy atom. The van der Waals surface area contributed by atoms with E-state index in [2.05, 4.69) is 38.5 Å². The second-order valence-corrected chi connectivity index (χ2v) is 15.2. The number of nitrogens with zero attached hydrogens (tertiary/aromatic N) is 2. The van der Waals surface area contributed by atoms with E-state index in [-0.39, 0.29) is 24.4 Å². The molecule has 0 aliphatic carbocycles. The van der Waals surface area contributed by atoms with Gasteiger partial charge in [0.1, 0.15) is 5.75 Å². The number of aliphatic hydroxyl groups is 1. The third kappa shape index (κ3) is 9.19. The summed E-state index contributed by atoms with van der Waals surface area (Å²) in [5.74, 6) is 0.200. The lowest BCUT2D eigenvalue weighted by Crippen LogP contribution is -2.40. The Kier molecular flexibility index (Phi) is 12.1. The average molecular weight is 730 g/mol. The van der Waals surface area contributed by atoms with Crippen LogP contribution in [0.3, 0.4) is 0 Å². The summed E-state index contributed by atoms with van der Waals surface area (Å²) in [7, 11) is -2.21. The van der Waals surface area contributed by atoms with Gasteiger partial charge in [0.2, 0.25) is 10.0 Å². The third-order valence-electron chi connectivity index (χ3n) is 9.48. The Bertz CT molecular complexity index is 1970. The molecule has 2 N–H and O–H groups in total. The maximum atomic E-state index is 13.2. The maximum Gasteiger partial charge on any atom is 0.337 e. The van der Waals surface area contributed by atoms with Crippen LogP contribution in [0.25, 0.3) is 10.9 Å². The van der Waals surface area contributed by atoms with Crippen molar-refractivity contribution in [3.05, 3.63) is 136 Å². The average Bonchev–Trinajstić information content (AvgIpc) is 3.43. The first-order chi connectivity index (χ1) is 24.7. The van der Waals surface area contributed by atoms with Crippen molar-refractivity contribution < 1.29 is 27.8 Å². The molecule has 4 aromatic carbocycles. The van der Waals surface area contributed by atoms with E-state index in [1.54, 1.807) is 24.3 Å². The summed E-state index contributed by atoms with van der Waals surface area (Å²) in [6.45, 7) is 2.37. The zero-order valence-corrected chi connectivity index (χ0v) is 30.3. The van der Waals surface area contributed by atoms with Crippen LogP contribution in [0.15, 0.2) is 103 Å². The molecule has 0 bridgehead atoms. The highest BCUT2D eigenvalue weighted by Gasteiger charge is 2.26. The van der Waals surface area contributed by atoms with Crippen LogP contribution in [-0.4, -0.2) is 80.7 Å². The van der Waals surface area contributed by atoms with Crippen molar-refractivity contribution in [3.63, 3.8) is 0 Å². The topological polar surface area (TPSA) is 110 Å². The molecule has 1 saturated heterocycles. The molecule has 2 heterocycles. The van der Waals surface area contributed by atoms with Crippen molar-refractivity contribution in [3.8, 4) is 5.75 Å². The number of hydrogen-bond donors (Lipinski definition) is 2. The van der Waals surface area contributed by atoms with E-state index in [0.29, 0.717) is 68.3 Å². The predicted octanol–water partition coefficient (Wildman–Crippen LogP) is 6.26. The van der Waals surface area contributed by atoms with Crippen molar-refractivity contribution in [1.29, 1.82) is 0 Å². The Morgan fingerprint density at radius 1 is 0.922 bits per heavy atom. The summed E-state index contributed by atoms with van der Waals surface area (Å²) in [6, 6.07) is 33.1. The van der Waals surface area contributed by atoms with Crippen molar-refractivity contribution in [1.82, 2.24) is 14.2 Å². The zero-order chi connectivity index (χ0) is 35.8. The number of carbonyl (C=O) groups excluding carboxylic acids is 1. The lowest BCUT2D eigenvalue weighted by Gasteiger charge is -2.29. The number of piperidine rings is 1. The lowest BCUT2D eigenvalue weighted by molar-refractivity contribution is 0.0600. The first-order valence-corrected chi connectivity index (χ1v) is 19.4. The molecule has 268 valence electrons. The van der Waals surface area contributed by atoms with Crippen LogP contribution in [-0.2, 0) is 27.6 Å². The van der Waals surface area contributed by atoms with E-state index < -0.39 is 16.0 Å². The SMILES string of the molecule is COC(=O)c1ccc(OCCc2c(CCNS(=O)(=O)CCN3CCC(O)CC3)n(C(c3ccccc3)c3ccccc3)c3ccc(Cl)cc23)cc1. The molecule has 0 amide bonds. The summed E-state index contributed by atoms with van der Waals surface area (Å²) in [4.78, 5) is 14.0. The number of likely N-dealkylation sites (tertiary alicyclic amines) is 1. The van der Waals surface area contributed by atoms with Crippen molar-refractivity contribution in [2.75, 3.05) is 45.6 Å². The number of sulfonamides is 1. The molecule has 6 rings (SSSR count). The highest BCUT2D eigenvalue weighted by Crippen LogP contribution is 2.38. The number of fused-ring (bicyclic) bond motifs is 1. The molecular weight excluding hydrogens is 686 g/mol. The van der Waals surface area contributed by atoms with Crippen LogP contribution >= 0.6 is 11.6 Å². The number of ether oxygens (including phenoxy) is 2. The van der Waals surface area contributed by atoms with Gasteiger partial charge >= 0.3 is 5.97 Å². The summed E-state index contributed by atoms with van der Waals surface area (Å²) < 4.78 is 42.7. The molecule has 51 heavy (non-hydrogen) atoms. The van der Waals surface area contributed by atoms with Crippen LogP contribution in [0, 0.1) is 0 Å². The molecule has 0 radical (unpaired) electrons. The van der Waals surface area contributed by atoms with Gasteiger partial charge in [-0.05, 0) is 72.0 Å². The molecule has 1 aliphatic rings. The number of rotatable bonds is 15. The standard InChI is InChI=1S/C40H44ClN3O6S/c1-49-40(46)31-12-15-34(16-13-31)50-26-21-35-36-28-32(41)14-17-37(36)44(39(29-8-4-2-5-9-29)30-10-6-3-7-11-30)38(35)18-22-42-51(47,48)27-25-43-23-19-33(45)20-24-43/h2-17,28,33,39,42,45H,18-27H2,1H3. The van der Waals surface area contributed by atoms with Crippen molar-refractivity contribution in [2.24, 2.45) is 0 Å². The summed E-state index contributed by atoms with van der Waals surface area (Å²) in [5, 5.41) is 11.4. The van der Waals surface area contributed by atoms with Gasteiger partial charge in [-0.3, -0.25) is 0 Å². The normalized spacial score (nSPS) is 14.3. The number of carbonyl (C=O) groups is 1. The molecule has 11 heteroatoms. The molecule has 0 saturated carbocycles. The minimum Gasteiger partial charge on any atom is -0.493 e. The fourth-order valence-electron chi connectivity index (χ4n) is 6.88. The minimum absolute atomic E-state index is 0.00614. The number of nitrogens with one attached hydrogen (secondary N) is 1. The molecule has 5 aromatic rings. The molecule has 0 spiro atoms. The fraction of sp³-hybridized carbons (Fsp3) is 0.325. The maximum absolute atomic E-state index is 13.2. The van der Waals surface area contributed by atoms with E-state index in [9.17, 15) is 18.3 Å². The van der Waals surface area contributed by atoms with Gasteiger partial charge in [-0.1, -0.05) is 72.3 Å². The van der Waals surface area contributed by atoms with E-state index in [4.69, 9.17) is 21.1 Å². The number of halogens is 1. The number of hydrogen-bond acceptors (Lipinski definition) is 7. The fourth-order valence-corrected chi connectivity index (χ4v) is 8.11.